The molecule has 3 aromatic carbocycles. The maximum Gasteiger partial charge on any atom is 0.260 e. The van der Waals surface area contributed by atoms with Crippen molar-refractivity contribution in [3.63, 3.8) is 0 Å². The lowest BCUT2D eigenvalue weighted by atomic mass is 10.1. The zero-order valence-corrected chi connectivity index (χ0v) is 18.3. The molecule has 0 fully saturated rings. The number of thioether (sulfide) groups is 1. The van der Waals surface area contributed by atoms with Crippen LogP contribution in [-0.2, 0) is 6.54 Å². The minimum absolute atomic E-state index is 0.121. The van der Waals surface area contributed by atoms with Gasteiger partial charge in [0.1, 0.15) is 5.82 Å². The smallest absolute Gasteiger partial charge is 0.260 e. The molecule has 0 bridgehead atoms. The fraction of sp³-hybridized carbons (Fsp3) is 0.167. The summed E-state index contributed by atoms with van der Waals surface area (Å²) in [6.07, 6.45) is 0. The Morgan fingerprint density at radius 2 is 1.87 bits per heavy atom. The molecule has 0 unspecified atom stereocenters. The lowest BCUT2D eigenvalue weighted by Crippen LogP contribution is -2.30. The van der Waals surface area contributed by atoms with Crippen LogP contribution in [0.3, 0.4) is 0 Å². The van der Waals surface area contributed by atoms with Crippen molar-refractivity contribution in [2.75, 3.05) is 4.90 Å². The van der Waals surface area contributed by atoms with Gasteiger partial charge in [0.05, 0.1) is 16.8 Å². The van der Waals surface area contributed by atoms with E-state index in [1.807, 2.05) is 54.6 Å². The van der Waals surface area contributed by atoms with E-state index in [1.54, 1.807) is 22.7 Å². The number of halogens is 1. The SMILES string of the molecule is CC(C)Sc1cccc(C(=O)N(Cc2ccccc2)c2nc3ccc(F)cc3s2)c1. The first-order valence-corrected chi connectivity index (χ1v) is 11.4. The standard InChI is InChI=1S/C24H21FN2OS2/c1-16(2)29-20-10-6-9-18(13-20)23(28)27(15-17-7-4-3-5-8-17)24-26-21-12-11-19(25)14-22(21)30-24/h3-14,16H,15H2,1-2H3. The topological polar surface area (TPSA) is 33.2 Å². The third-order valence-electron chi connectivity index (χ3n) is 4.45. The summed E-state index contributed by atoms with van der Waals surface area (Å²) < 4.78 is 14.4. The second-order valence-electron chi connectivity index (χ2n) is 7.18. The van der Waals surface area contributed by atoms with Crippen molar-refractivity contribution >= 4 is 44.4 Å². The summed E-state index contributed by atoms with van der Waals surface area (Å²) in [7, 11) is 0. The van der Waals surface area contributed by atoms with E-state index >= 15 is 0 Å². The number of benzene rings is 3. The molecule has 0 saturated heterocycles. The number of anilines is 1. The van der Waals surface area contributed by atoms with Crippen molar-refractivity contribution in [2.45, 2.75) is 30.5 Å². The van der Waals surface area contributed by atoms with Crippen LogP contribution in [-0.4, -0.2) is 16.1 Å². The Morgan fingerprint density at radius 1 is 1.07 bits per heavy atom. The number of aromatic nitrogens is 1. The Bertz CT molecular complexity index is 1170. The van der Waals surface area contributed by atoms with Crippen molar-refractivity contribution in [3.8, 4) is 0 Å². The average Bonchev–Trinajstić information content (AvgIpc) is 3.15. The molecule has 0 aliphatic rings. The number of hydrogen-bond donors (Lipinski definition) is 0. The zero-order valence-electron chi connectivity index (χ0n) is 16.7. The first-order chi connectivity index (χ1) is 14.5. The molecule has 30 heavy (non-hydrogen) atoms. The molecule has 0 radical (unpaired) electrons. The molecule has 0 aliphatic heterocycles. The molecule has 0 atom stereocenters. The molecular formula is C24H21FN2OS2. The second-order valence-corrected chi connectivity index (χ2v) is 9.84. The molecule has 1 heterocycles. The summed E-state index contributed by atoms with van der Waals surface area (Å²) in [5.41, 5.74) is 2.30. The van der Waals surface area contributed by atoms with Gasteiger partial charge in [-0.15, -0.1) is 11.8 Å². The number of carbonyl (C=O) groups is 1. The number of hydrogen-bond acceptors (Lipinski definition) is 4. The fourth-order valence-electron chi connectivity index (χ4n) is 3.12. The quantitative estimate of drug-likeness (QED) is 0.312. The van der Waals surface area contributed by atoms with Gasteiger partial charge >= 0.3 is 0 Å². The van der Waals surface area contributed by atoms with Crippen LogP contribution in [0.25, 0.3) is 10.2 Å². The van der Waals surface area contributed by atoms with Gasteiger partial charge < -0.3 is 0 Å². The van der Waals surface area contributed by atoms with E-state index in [2.05, 4.69) is 18.8 Å². The average molecular weight is 437 g/mol. The third-order valence-corrected chi connectivity index (χ3v) is 6.49. The zero-order chi connectivity index (χ0) is 21.1. The van der Waals surface area contributed by atoms with Crippen LogP contribution in [0.15, 0.2) is 77.7 Å². The van der Waals surface area contributed by atoms with Crippen molar-refractivity contribution < 1.29 is 9.18 Å². The first-order valence-electron chi connectivity index (χ1n) is 9.68. The summed E-state index contributed by atoms with van der Waals surface area (Å²) in [6.45, 7) is 4.64. The first kappa shape index (κ1) is 20.6. The summed E-state index contributed by atoms with van der Waals surface area (Å²) in [6, 6.07) is 22.0. The molecule has 0 saturated carbocycles. The van der Waals surface area contributed by atoms with Crippen LogP contribution in [0.2, 0.25) is 0 Å². The number of carbonyl (C=O) groups excluding carboxylic acids is 1. The lowest BCUT2D eigenvalue weighted by Gasteiger charge is -2.20. The highest BCUT2D eigenvalue weighted by Crippen LogP contribution is 2.32. The van der Waals surface area contributed by atoms with Gasteiger partial charge in [0.15, 0.2) is 5.13 Å². The number of thiazole rings is 1. The van der Waals surface area contributed by atoms with E-state index in [0.29, 0.717) is 28.0 Å². The maximum atomic E-state index is 13.7. The Balaban J connectivity index is 1.73. The van der Waals surface area contributed by atoms with Crippen molar-refractivity contribution in [1.82, 2.24) is 4.98 Å². The van der Waals surface area contributed by atoms with Gasteiger partial charge in [0.2, 0.25) is 0 Å². The van der Waals surface area contributed by atoms with Gasteiger partial charge in [-0.2, -0.15) is 0 Å². The Morgan fingerprint density at radius 3 is 2.63 bits per heavy atom. The van der Waals surface area contributed by atoms with Crippen LogP contribution in [0, 0.1) is 5.82 Å². The minimum Gasteiger partial charge on any atom is -0.279 e. The second kappa shape index (κ2) is 8.98. The summed E-state index contributed by atoms with van der Waals surface area (Å²) in [5.74, 6) is -0.429. The van der Waals surface area contributed by atoms with Crippen molar-refractivity contribution in [1.29, 1.82) is 0 Å². The number of fused-ring (bicyclic) bond motifs is 1. The summed E-state index contributed by atoms with van der Waals surface area (Å²) >= 11 is 3.05. The van der Waals surface area contributed by atoms with E-state index in [9.17, 15) is 9.18 Å². The lowest BCUT2D eigenvalue weighted by molar-refractivity contribution is 0.0985. The van der Waals surface area contributed by atoms with E-state index < -0.39 is 0 Å². The maximum absolute atomic E-state index is 13.7. The van der Waals surface area contributed by atoms with Crippen molar-refractivity contribution in [3.05, 3.63) is 89.7 Å². The van der Waals surface area contributed by atoms with Gasteiger partial charge in [-0.3, -0.25) is 9.69 Å². The van der Waals surface area contributed by atoms with Gasteiger partial charge in [0.25, 0.3) is 5.91 Å². The highest BCUT2D eigenvalue weighted by atomic mass is 32.2. The predicted molar refractivity (Wildman–Crippen MR) is 124 cm³/mol. The van der Waals surface area contributed by atoms with Gasteiger partial charge in [-0.25, -0.2) is 9.37 Å². The minimum atomic E-state index is -0.308. The Kier molecular flexibility index (Phi) is 6.16. The molecule has 6 heteroatoms. The summed E-state index contributed by atoms with van der Waals surface area (Å²) in [4.78, 5) is 20.9. The van der Waals surface area contributed by atoms with Crippen LogP contribution in [0.5, 0.6) is 0 Å². The molecule has 0 aliphatic carbocycles. The molecule has 4 aromatic rings. The van der Waals surface area contributed by atoms with Crippen LogP contribution in [0.1, 0.15) is 29.8 Å². The molecule has 152 valence electrons. The summed E-state index contributed by atoms with van der Waals surface area (Å²) in [5, 5.41) is 0.987. The monoisotopic (exact) mass is 436 g/mol. The van der Waals surface area contributed by atoms with E-state index in [-0.39, 0.29) is 11.7 Å². The predicted octanol–water partition coefficient (Wildman–Crippen LogP) is 6.78. The van der Waals surface area contributed by atoms with Crippen LogP contribution in [0.4, 0.5) is 9.52 Å². The highest BCUT2D eigenvalue weighted by Gasteiger charge is 2.22. The molecule has 1 amide bonds. The van der Waals surface area contributed by atoms with Crippen LogP contribution >= 0.6 is 23.1 Å². The molecule has 3 nitrogen and oxygen atoms in total. The van der Waals surface area contributed by atoms with Gasteiger partial charge in [-0.05, 0) is 42.0 Å². The number of rotatable bonds is 6. The normalized spacial score (nSPS) is 11.2. The third kappa shape index (κ3) is 4.71. The van der Waals surface area contributed by atoms with E-state index in [0.717, 1.165) is 15.2 Å². The van der Waals surface area contributed by atoms with Gasteiger partial charge in [-0.1, -0.05) is 61.6 Å². The molecular weight excluding hydrogens is 415 g/mol. The fourth-order valence-corrected chi connectivity index (χ4v) is 5.01. The van der Waals surface area contributed by atoms with Crippen LogP contribution < -0.4 is 4.90 Å². The molecule has 0 N–H and O–H groups in total. The number of nitrogens with zero attached hydrogens (tertiary/aromatic N) is 2. The largest absolute Gasteiger partial charge is 0.279 e. The molecule has 4 rings (SSSR count). The highest BCUT2D eigenvalue weighted by molar-refractivity contribution is 7.99. The Labute approximate surface area is 183 Å². The molecule has 1 aromatic heterocycles. The number of amides is 1. The Hall–Kier alpha value is -2.70. The van der Waals surface area contributed by atoms with E-state index in [1.165, 1.54) is 23.5 Å². The van der Waals surface area contributed by atoms with Crippen molar-refractivity contribution in [2.24, 2.45) is 0 Å². The molecule has 0 spiro atoms. The van der Waals surface area contributed by atoms with E-state index in [4.69, 9.17) is 0 Å². The van der Waals surface area contributed by atoms with Gasteiger partial charge in [0, 0.05) is 15.7 Å².